The third-order valence-electron chi connectivity index (χ3n) is 4.48. The van der Waals surface area contributed by atoms with Gasteiger partial charge in [0.15, 0.2) is 0 Å². The Labute approximate surface area is 111 Å². The molecule has 0 aliphatic heterocycles. The normalized spacial score (nSPS) is 29.1. The third kappa shape index (κ3) is 4.27. The van der Waals surface area contributed by atoms with Crippen molar-refractivity contribution in [1.82, 2.24) is 0 Å². The summed E-state index contributed by atoms with van der Waals surface area (Å²) in [6.45, 7) is 9.69. The minimum atomic E-state index is -0.166. The van der Waals surface area contributed by atoms with Crippen LogP contribution in [0.4, 0.5) is 0 Å². The van der Waals surface area contributed by atoms with Crippen LogP contribution in [0.15, 0.2) is 0 Å². The van der Waals surface area contributed by atoms with Crippen LogP contribution in [0.5, 0.6) is 0 Å². The first kappa shape index (κ1) is 15.5. The molecule has 0 aromatic carbocycles. The van der Waals surface area contributed by atoms with E-state index < -0.39 is 0 Å². The lowest BCUT2D eigenvalue weighted by atomic mass is 9.65. The molecular weight excluding hydrogens is 228 g/mol. The lowest BCUT2D eigenvalue weighted by molar-refractivity contribution is -0.143. The second-order valence-corrected chi connectivity index (χ2v) is 6.47. The molecule has 1 aliphatic rings. The molecule has 0 N–H and O–H groups in total. The summed E-state index contributed by atoms with van der Waals surface area (Å²) in [5.74, 6) is 1.65. The summed E-state index contributed by atoms with van der Waals surface area (Å²) in [6, 6.07) is 0. The molecule has 1 aliphatic carbocycles. The second-order valence-electron chi connectivity index (χ2n) is 6.47. The van der Waals surface area contributed by atoms with Crippen LogP contribution in [0.3, 0.4) is 0 Å². The van der Waals surface area contributed by atoms with E-state index in [1.807, 2.05) is 0 Å². The van der Waals surface area contributed by atoms with Gasteiger partial charge in [0.25, 0.3) is 0 Å². The fraction of sp³-hybridized carbons (Fsp3) is 0.933. The van der Waals surface area contributed by atoms with Gasteiger partial charge >= 0.3 is 5.97 Å². The van der Waals surface area contributed by atoms with Gasteiger partial charge in [0.1, 0.15) is 0 Å². The van der Waals surface area contributed by atoms with Crippen LogP contribution in [0.2, 0.25) is 0 Å². The largest absolute Gasteiger partial charge is 0.466 e. The first-order valence-electron chi connectivity index (χ1n) is 6.99. The van der Waals surface area contributed by atoms with Gasteiger partial charge in [-0.2, -0.15) is 0 Å². The zero-order valence-corrected chi connectivity index (χ0v) is 12.5. The van der Waals surface area contributed by atoms with Gasteiger partial charge in [-0.05, 0) is 36.0 Å². The average molecular weight is 256 g/mol. The molecule has 3 heteroatoms. The SMILES string of the molecule is COCC(C)(C)C1CCC(C)C(COC(C)=O)C1. The molecule has 1 fully saturated rings. The maximum atomic E-state index is 10.9. The van der Waals surface area contributed by atoms with Gasteiger partial charge in [0, 0.05) is 14.0 Å². The van der Waals surface area contributed by atoms with Crippen molar-refractivity contribution in [1.29, 1.82) is 0 Å². The van der Waals surface area contributed by atoms with Crippen molar-refractivity contribution in [3.63, 3.8) is 0 Å². The molecule has 0 radical (unpaired) electrons. The predicted octanol–water partition coefficient (Wildman–Crippen LogP) is 3.27. The molecule has 1 rings (SSSR count). The van der Waals surface area contributed by atoms with E-state index in [0.29, 0.717) is 24.4 Å². The molecule has 0 saturated heterocycles. The highest BCUT2D eigenvalue weighted by molar-refractivity contribution is 5.65. The van der Waals surface area contributed by atoms with Crippen molar-refractivity contribution in [2.75, 3.05) is 20.3 Å². The Bertz CT molecular complexity index is 273. The Morgan fingerprint density at radius 2 is 2.00 bits per heavy atom. The zero-order valence-electron chi connectivity index (χ0n) is 12.5. The molecule has 0 aromatic heterocycles. The van der Waals surface area contributed by atoms with E-state index in [2.05, 4.69) is 20.8 Å². The number of ether oxygens (including phenoxy) is 2. The monoisotopic (exact) mass is 256 g/mol. The molecule has 106 valence electrons. The number of rotatable bonds is 5. The van der Waals surface area contributed by atoms with Gasteiger partial charge in [0.05, 0.1) is 13.2 Å². The van der Waals surface area contributed by atoms with Crippen molar-refractivity contribution in [2.45, 2.75) is 47.0 Å². The summed E-state index contributed by atoms with van der Waals surface area (Å²) in [6.07, 6.45) is 3.63. The molecule has 0 spiro atoms. The van der Waals surface area contributed by atoms with Crippen molar-refractivity contribution in [2.24, 2.45) is 23.2 Å². The molecule has 3 nitrogen and oxygen atoms in total. The van der Waals surface area contributed by atoms with Gasteiger partial charge < -0.3 is 9.47 Å². The molecule has 3 atom stereocenters. The number of carbonyl (C=O) groups is 1. The van der Waals surface area contributed by atoms with Crippen LogP contribution in [-0.4, -0.2) is 26.3 Å². The van der Waals surface area contributed by atoms with Gasteiger partial charge in [-0.15, -0.1) is 0 Å². The van der Waals surface area contributed by atoms with E-state index in [1.165, 1.54) is 19.8 Å². The molecule has 3 unspecified atom stereocenters. The third-order valence-corrected chi connectivity index (χ3v) is 4.48. The smallest absolute Gasteiger partial charge is 0.302 e. The minimum absolute atomic E-state index is 0.166. The first-order chi connectivity index (χ1) is 8.36. The summed E-state index contributed by atoms with van der Waals surface area (Å²) >= 11 is 0. The summed E-state index contributed by atoms with van der Waals surface area (Å²) in [5.41, 5.74) is 0.212. The number of esters is 1. The van der Waals surface area contributed by atoms with E-state index in [9.17, 15) is 4.79 Å². The van der Waals surface area contributed by atoms with Crippen LogP contribution < -0.4 is 0 Å². The van der Waals surface area contributed by atoms with Crippen molar-refractivity contribution < 1.29 is 14.3 Å². The number of hydrogen-bond donors (Lipinski definition) is 0. The fourth-order valence-electron chi connectivity index (χ4n) is 3.07. The van der Waals surface area contributed by atoms with Crippen LogP contribution in [0, 0.1) is 23.2 Å². The lowest BCUT2D eigenvalue weighted by Crippen LogP contribution is -2.37. The van der Waals surface area contributed by atoms with Gasteiger partial charge in [-0.3, -0.25) is 4.79 Å². The van der Waals surface area contributed by atoms with Gasteiger partial charge in [-0.25, -0.2) is 0 Å². The quantitative estimate of drug-likeness (QED) is 0.708. The zero-order chi connectivity index (χ0) is 13.8. The topological polar surface area (TPSA) is 35.5 Å². The molecular formula is C15H28O3. The standard InChI is InChI=1S/C15H28O3/c1-11-6-7-14(15(3,4)10-17-5)8-13(11)9-18-12(2)16/h11,13-14H,6-10H2,1-5H3. The average Bonchev–Trinajstić information content (AvgIpc) is 2.27. The molecule has 0 bridgehead atoms. The maximum absolute atomic E-state index is 10.9. The highest BCUT2D eigenvalue weighted by Gasteiger charge is 2.36. The summed E-state index contributed by atoms with van der Waals surface area (Å²) in [5, 5.41) is 0. The molecule has 0 amide bonds. The van der Waals surface area contributed by atoms with E-state index in [1.54, 1.807) is 7.11 Å². The van der Waals surface area contributed by atoms with Gasteiger partial charge in [-0.1, -0.05) is 27.2 Å². The minimum Gasteiger partial charge on any atom is -0.466 e. The van der Waals surface area contributed by atoms with Crippen molar-refractivity contribution >= 4 is 5.97 Å². The highest BCUT2D eigenvalue weighted by atomic mass is 16.5. The summed E-state index contributed by atoms with van der Waals surface area (Å²) in [7, 11) is 1.77. The number of carbonyl (C=O) groups excluding carboxylic acids is 1. The summed E-state index contributed by atoms with van der Waals surface area (Å²) in [4.78, 5) is 10.9. The maximum Gasteiger partial charge on any atom is 0.302 e. The molecule has 1 saturated carbocycles. The predicted molar refractivity (Wildman–Crippen MR) is 72.3 cm³/mol. The number of hydrogen-bond acceptors (Lipinski definition) is 3. The van der Waals surface area contributed by atoms with E-state index in [0.717, 1.165) is 13.0 Å². The van der Waals surface area contributed by atoms with Crippen LogP contribution >= 0.6 is 0 Å². The van der Waals surface area contributed by atoms with Crippen LogP contribution in [0.1, 0.15) is 47.0 Å². The molecule has 18 heavy (non-hydrogen) atoms. The number of methoxy groups -OCH3 is 1. The Morgan fingerprint density at radius 3 is 2.56 bits per heavy atom. The second kappa shape index (κ2) is 6.55. The summed E-state index contributed by atoms with van der Waals surface area (Å²) < 4.78 is 10.5. The Hall–Kier alpha value is -0.570. The van der Waals surface area contributed by atoms with Gasteiger partial charge in [0.2, 0.25) is 0 Å². The Kier molecular flexibility index (Phi) is 5.64. The van der Waals surface area contributed by atoms with E-state index >= 15 is 0 Å². The first-order valence-corrected chi connectivity index (χ1v) is 6.99. The molecule has 0 heterocycles. The van der Waals surface area contributed by atoms with E-state index in [-0.39, 0.29) is 11.4 Å². The lowest BCUT2D eigenvalue weighted by Gasteiger charge is -2.42. The van der Waals surface area contributed by atoms with Crippen molar-refractivity contribution in [3.8, 4) is 0 Å². The van der Waals surface area contributed by atoms with E-state index in [4.69, 9.17) is 9.47 Å². The Morgan fingerprint density at radius 1 is 1.33 bits per heavy atom. The highest BCUT2D eigenvalue weighted by Crippen LogP contribution is 2.43. The van der Waals surface area contributed by atoms with Crippen LogP contribution in [0.25, 0.3) is 0 Å². The molecule has 0 aromatic rings. The Balaban J connectivity index is 2.56. The fourth-order valence-corrected chi connectivity index (χ4v) is 3.07. The van der Waals surface area contributed by atoms with Crippen LogP contribution in [-0.2, 0) is 14.3 Å². The van der Waals surface area contributed by atoms with Crippen molar-refractivity contribution in [3.05, 3.63) is 0 Å².